The maximum absolute atomic E-state index is 2.72. The van der Waals surface area contributed by atoms with Crippen LogP contribution in [0.3, 0.4) is 0 Å². The lowest BCUT2D eigenvalue weighted by Gasteiger charge is -2.34. The van der Waals surface area contributed by atoms with Crippen molar-refractivity contribution in [2.75, 3.05) is 4.90 Å². The smallest absolute Gasteiger partial charge is 0.180 e. The maximum atomic E-state index is 2.49. The lowest BCUT2D eigenvalue weighted by molar-refractivity contribution is 0.769. The highest BCUT2D eigenvalue weighted by atomic mass is 28.3. The quantitative estimate of drug-likeness (QED) is 0.138. The zero-order valence-electron chi connectivity index (χ0n) is 36.9. The Morgan fingerprint density at radius 3 is 1.48 bits per heavy atom. The molecule has 67 heavy (non-hydrogen) atoms. The normalized spacial score (nSPS) is 13.6. The Hall–Kier alpha value is -8.30. The van der Waals surface area contributed by atoms with Crippen molar-refractivity contribution in [2.45, 2.75) is 5.41 Å². The molecule has 2 heteroatoms. The van der Waals surface area contributed by atoms with Crippen LogP contribution in [0.1, 0.15) is 22.3 Å². The van der Waals surface area contributed by atoms with Crippen molar-refractivity contribution in [1.29, 1.82) is 0 Å². The summed E-state index contributed by atoms with van der Waals surface area (Å²) >= 11 is 0. The molecule has 314 valence electrons. The van der Waals surface area contributed by atoms with Gasteiger partial charge in [0, 0.05) is 17.1 Å². The molecule has 0 bridgehead atoms. The van der Waals surface area contributed by atoms with Crippen LogP contribution in [0.5, 0.6) is 0 Å². The Morgan fingerprint density at radius 2 is 0.791 bits per heavy atom. The van der Waals surface area contributed by atoms with Gasteiger partial charge in [-0.15, -0.1) is 0 Å². The van der Waals surface area contributed by atoms with Gasteiger partial charge in [0.2, 0.25) is 0 Å². The summed E-state index contributed by atoms with van der Waals surface area (Å²) in [5, 5.41) is 8.10. The average Bonchev–Trinajstić information content (AvgIpc) is 3.88. The van der Waals surface area contributed by atoms with Crippen molar-refractivity contribution in [3.05, 3.63) is 295 Å². The average molecular weight is 868 g/mol. The molecule has 1 aliphatic heterocycles. The lowest BCUT2D eigenvalue weighted by atomic mass is 9.67. The third-order valence-electron chi connectivity index (χ3n) is 14.6. The summed E-state index contributed by atoms with van der Waals surface area (Å²) in [5.41, 5.74) is 15.7. The van der Waals surface area contributed by atoms with Crippen LogP contribution in [0.25, 0.3) is 44.2 Å². The summed E-state index contributed by atoms with van der Waals surface area (Å²) in [4.78, 5) is 2.45. The number of fused-ring (bicyclic) bond motifs is 7. The van der Waals surface area contributed by atoms with Crippen molar-refractivity contribution in [2.24, 2.45) is 0 Å². The van der Waals surface area contributed by atoms with Crippen molar-refractivity contribution in [3.63, 3.8) is 0 Å². The first-order valence-electron chi connectivity index (χ1n) is 23.3. The van der Waals surface area contributed by atoms with Gasteiger partial charge in [0.25, 0.3) is 0 Å². The van der Waals surface area contributed by atoms with Crippen LogP contribution in [0.2, 0.25) is 0 Å². The summed E-state index contributed by atoms with van der Waals surface area (Å²) in [5.74, 6) is 0. The van der Waals surface area contributed by atoms with Gasteiger partial charge in [0.15, 0.2) is 8.07 Å². The number of rotatable bonds is 8. The van der Waals surface area contributed by atoms with Crippen LogP contribution in [0, 0.1) is 0 Å². The van der Waals surface area contributed by atoms with Crippen LogP contribution >= 0.6 is 0 Å². The maximum Gasteiger partial charge on any atom is 0.180 e. The first-order valence-corrected chi connectivity index (χ1v) is 25.3. The van der Waals surface area contributed by atoms with E-state index in [1.807, 2.05) is 0 Å². The van der Waals surface area contributed by atoms with Crippen LogP contribution in [0.4, 0.5) is 17.1 Å². The monoisotopic (exact) mass is 867 g/mol. The van der Waals surface area contributed by atoms with Gasteiger partial charge in [-0.05, 0) is 130 Å². The molecule has 13 rings (SSSR count). The molecule has 0 atom stereocenters. The van der Waals surface area contributed by atoms with Gasteiger partial charge in [-0.2, -0.15) is 0 Å². The molecule has 0 radical (unpaired) electrons. The van der Waals surface area contributed by atoms with Crippen LogP contribution in [0.15, 0.2) is 273 Å². The van der Waals surface area contributed by atoms with Crippen LogP contribution in [-0.2, 0) is 5.41 Å². The zero-order chi connectivity index (χ0) is 44.4. The number of anilines is 3. The molecule has 1 heterocycles. The molecule has 1 aliphatic carbocycles. The van der Waals surface area contributed by atoms with Gasteiger partial charge in [0.1, 0.15) is 0 Å². The van der Waals surface area contributed by atoms with E-state index in [1.54, 1.807) is 0 Å². The van der Waals surface area contributed by atoms with Gasteiger partial charge in [-0.25, -0.2) is 0 Å². The molecule has 0 saturated heterocycles. The van der Waals surface area contributed by atoms with E-state index in [-0.39, 0.29) is 0 Å². The summed E-state index contributed by atoms with van der Waals surface area (Å²) < 4.78 is 0. The third-order valence-corrected chi connectivity index (χ3v) is 19.5. The fourth-order valence-corrected chi connectivity index (χ4v) is 17.0. The molecule has 2 aliphatic rings. The Morgan fingerprint density at radius 1 is 0.284 bits per heavy atom. The number of hydrogen-bond donors (Lipinski definition) is 0. The predicted molar refractivity (Wildman–Crippen MR) is 284 cm³/mol. The number of benzene rings is 11. The van der Waals surface area contributed by atoms with E-state index in [0.717, 1.165) is 17.1 Å². The first-order chi connectivity index (χ1) is 33.2. The van der Waals surface area contributed by atoms with E-state index < -0.39 is 13.5 Å². The molecule has 0 spiro atoms. The highest BCUT2D eigenvalue weighted by Crippen LogP contribution is 2.56. The van der Waals surface area contributed by atoms with Gasteiger partial charge in [0.05, 0.1) is 5.41 Å². The fourth-order valence-electron chi connectivity index (χ4n) is 11.8. The summed E-state index contributed by atoms with van der Waals surface area (Å²) in [6.45, 7) is 0. The van der Waals surface area contributed by atoms with Gasteiger partial charge < -0.3 is 4.90 Å². The Balaban J connectivity index is 0.974. The minimum Gasteiger partial charge on any atom is -0.310 e. The van der Waals surface area contributed by atoms with Crippen molar-refractivity contribution in [3.8, 4) is 33.4 Å². The van der Waals surface area contributed by atoms with Gasteiger partial charge >= 0.3 is 0 Å². The van der Waals surface area contributed by atoms with E-state index in [4.69, 9.17) is 0 Å². The predicted octanol–water partition coefficient (Wildman–Crippen LogP) is 13.7. The van der Waals surface area contributed by atoms with E-state index in [9.17, 15) is 0 Å². The standard InChI is InChI=1S/C65H45NSi/c1-4-21-50(22-5-1)65(51-23-6-2-7-24-51)61-32-15-12-29-57(61)58-42-38-49(44-62(58)65)47-35-39-52(40-36-47)66(54-41-37-46-19-10-11-20-48(46)43-54)53-25-18-28-56(45-53)67(55-26-8-3-9-27-55)63-33-16-13-30-59(63)60-31-14-17-34-64(60)67/h1-45H. The summed E-state index contributed by atoms with van der Waals surface area (Å²) in [6, 6.07) is 102. The SMILES string of the molecule is c1ccc(C2(c3ccccc3)c3ccccc3-c3ccc(-c4ccc(N(c5cccc([Si]6(c7ccccc7)c7ccccc7-c7ccccc76)c5)c5ccc6ccccc6c5)cc4)cc32)cc1. The van der Waals surface area contributed by atoms with Crippen LogP contribution in [-0.4, -0.2) is 8.07 Å². The molecule has 11 aromatic rings. The molecular weight excluding hydrogens is 823 g/mol. The molecule has 11 aromatic carbocycles. The topological polar surface area (TPSA) is 3.24 Å². The van der Waals surface area contributed by atoms with E-state index in [1.165, 1.54) is 87.2 Å². The van der Waals surface area contributed by atoms with E-state index in [0.29, 0.717) is 0 Å². The second-order valence-electron chi connectivity index (χ2n) is 18.0. The first kappa shape index (κ1) is 39.1. The van der Waals surface area contributed by atoms with Crippen molar-refractivity contribution >= 4 is 56.7 Å². The van der Waals surface area contributed by atoms with Crippen molar-refractivity contribution < 1.29 is 0 Å². The molecule has 0 aromatic heterocycles. The Kier molecular flexibility index (Phi) is 9.16. The number of nitrogens with zero attached hydrogens (tertiary/aromatic N) is 1. The van der Waals surface area contributed by atoms with Gasteiger partial charge in [-0.1, -0.05) is 231 Å². The molecule has 0 saturated carbocycles. The number of hydrogen-bond acceptors (Lipinski definition) is 1. The van der Waals surface area contributed by atoms with E-state index in [2.05, 4.69) is 278 Å². The molecule has 0 N–H and O–H groups in total. The third kappa shape index (κ3) is 5.93. The second kappa shape index (κ2) is 15.7. The minimum atomic E-state index is -2.72. The Labute approximate surface area is 393 Å². The second-order valence-corrected chi connectivity index (χ2v) is 21.7. The summed E-state index contributed by atoms with van der Waals surface area (Å²) in [7, 11) is -2.72. The zero-order valence-corrected chi connectivity index (χ0v) is 37.9. The molecule has 0 amide bonds. The molecule has 0 unspecified atom stereocenters. The van der Waals surface area contributed by atoms with Crippen molar-refractivity contribution in [1.82, 2.24) is 0 Å². The molecule has 0 fully saturated rings. The fraction of sp³-hybridized carbons (Fsp3) is 0.0154. The molecular formula is C65H45NSi. The highest BCUT2D eigenvalue weighted by molar-refractivity contribution is 7.22. The minimum absolute atomic E-state index is 0.455. The Bertz CT molecular complexity index is 3550. The largest absolute Gasteiger partial charge is 0.310 e. The molecule has 1 nitrogen and oxygen atoms in total. The van der Waals surface area contributed by atoms with Crippen LogP contribution < -0.4 is 25.6 Å². The summed E-state index contributed by atoms with van der Waals surface area (Å²) in [6.07, 6.45) is 0. The van der Waals surface area contributed by atoms with Gasteiger partial charge in [-0.3, -0.25) is 0 Å². The lowest BCUT2D eigenvalue weighted by Crippen LogP contribution is -2.72. The van der Waals surface area contributed by atoms with E-state index >= 15 is 0 Å². The highest BCUT2D eigenvalue weighted by Gasteiger charge is 2.49.